The predicted molar refractivity (Wildman–Crippen MR) is 42.9 cm³/mol. The van der Waals surface area contributed by atoms with E-state index in [2.05, 4.69) is 4.98 Å². The Morgan fingerprint density at radius 3 is 2.25 bits per heavy atom. The van der Waals surface area contributed by atoms with Crippen LogP contribution in [0.3, 0.4) is 0 Å². The Kier molecular flexibility index (Phi) is 2.13. The SMILES string of the molecule is CC(C)(C)c1nccc(F)c1F. The monoisotopic (exact) mass is 171 g/mol. The van der Waals surface area contributed by atoms with Crippen LogP contribution in [0.1, 0.15) is 26.5 Å². The molecule has 0 unspecified atom stereocenters. The minimum atomic E-state index is -0.843. The molecule has 1 aromatic heterocycles. The zero-order valence-corrected chi connectivity index (χ0v) is 7.36. The highest BCUT2D eigenvalue weighted by Gasteiger charge is 2.21. The maximum absolute atomic E-state index is 13.1. The Labute approximate surface area is 70.4 Å². The fourth-order valence-electron chi connectivity index (χ4n) is 0.943. The van der Waals surface area contributed by atoms with Crippen LogP contribution in [0.25, 0.3) is 0 Å². The van der Waals surface area contributed by atoms with Gasteiger partial charge in [0.05, 0.1) is 5.69 Å². The van der Waals surface area contributed by atoms with Crippen molar-refractivity contribution >= 4 is 0 Å². The number of halogens is 2. The van der Waals surface area contributed by atoms with Gasteiger partial charge in [0.1, 0.15) is 0 Å². The quantitative estimate of drug-likeness (QED) is 0.584. The van der Waals surface area contributed by atoms with Crippen molar-refractivity contribution < 1.29 is 8.78 Å². The molecule has 0 saturated heterocycles. The van der Waals surface area contributed by atoms with Gasteiger partial charge in [0, 0.05) is 11.6 Å². The second-order valence-corrected chi connectivity index (χ2v) is 3.71. The van der Waals surface area contributed by atoms with Crippen molar-refractivity contribution in [2.45, 2.75) is 26.2 Å². The van der Waals surface area contributed by atoms with Crippen molar-refractivity contribution in [2.75, 3.05) is 0 Å². The van der Waals surface area contributed by atoms with Gasteiger partial charge in [0.15, 0.2) is 11.6 Å². The van der Waals surface area contributed by atoms with Crippen LogP contribution in [0.15, 0.2) is 12.3 Å². The second-order valence-electron chi connectivity index (χ2n) is 3.71. The lowest BCUT2D eigenvalue weighted by Gasteiger charge is -2.17. The molecular weight excluding hydrogens is 160 g/mol. The molecule has 0 aliphatic carbocycles. The van der Waals surface area contributed by atoms with Crippen LogP contribution in [0.5, 0.6) is 0 Å². The number of rotatable bonds is 0. The first-order chi connectivity index (χ1) is 5.43. The molecule has 0 spiro atoms. The van der Waals surface area contributed by atoms with Crippen LogP contribution in [0, 0.1) is 11.6 Å². The van der Waals surface area contributed by atoms with E-state index in [0.717, 1.165) is 6.07 Å². The molecule has 0 atom stereocenters. The normalized spacial score (nSPS) is 11.8. The molecule has 66 valence electrons. The van der Waals surface area contributed by atoms with Crippen LogP contribution in [-0.4, -0.2) is 4.98 Å². The van der Waals surface area contributed by atoms with E-state index >= 15 is 0 Å². The van der Waals surface area contributed by atoms with Crippen molar-refractivity contribution in [3.8, 4) is 0 Å². The van der Waals surface area contributed by atoms with Gasteiger partial charge in [-0.05, 0) is 6.07 Å². The molecule has 1 aromatic rings. The Morgan fingerprint density at radius 1 is 1.25 bits per heavy atom. The topological polar surface area (TPSA) is 12.9 Å². The summed E-state index contributed by atoms with van der Waals surface area (Å²) in [7, 11) is 0. The highest BCUT2D eigenvalue weighted by atomic mass is 19.2. The summed E-state index contributed by atoms with van der Waals surface area (Å²) < 4.78 is 25.8. The van der Waals surface area contributed by atoms with E-state index in [1.54, 1.807) is 20.8 Å². The number of pyridine rings is 1. The molecular formula is C9H11F2N. The lowest BCUT2D eigenvalue weighted by atomic mass is 9.91. The lowest BCUT2D eigenvalue weighted by Crippen LogP contribution is -2.16. The standard InChI is InChI=1S/C9H11F2N/c1-9(2,3)8-7(11)6(10)4-5-12-8/h4-5H,1-3H3. The molecule has 0 radical (unpaired) electrons. The number of aromatic nitrogens is 1. The van der Waals surface area contributed by atoms with E-state index in [1.165, 1.54) is 6.20 Å². The zero-order valence-electron chi connectivity index (χ0n) is 7.36. The van der Waals surface area contributed by atoms with Crippen LogP contribution in [-0.2, 0) is 5.41 Å². The third-order valence-corrected chi connectivity index (χ3v) is 1.55. The van der Waals surface area contributed by atoms with Crippen molar-refractivity contribution in [2.24, 2.45) is 0 Å². The molecule has 1 nitrogen and oxygen atoms in total. The van der Waals surface area contributed by atoms with Gasteiger partial charge in [0.25, 0.3) is 0 Å². The van der Waals surface area contributed by atoms with E-state index in [1.807, 2.05) is 0 Å². The second kappa shape index (κ2) is 2.81. The van der Waals surface area contributed by atoms with E-state index in [0.29, 0.717) is 0 Å². The summed E-state index contributed by atoms with van der Waals surface area (Å²) in [6.07, 6.45) is 1.28. The first kappa shape index (κ1) is 9.10. The highest BCUT2D eigenvalue weighted by Crippen LogP contribution is 2.23. The molecule has 3 heteroatoms. The molecule has 1 rings (SSSR count). The smallest absolute Gasteiger partial charge is 0.180 e. The molecule has 12 heavy (non-hydrogen) atoms. The fourth-order valence-corrected chi connectivity index (χ4v) is 0.943. The van der Waals surface area contributed by atoms with E-state index in [9.17, 15) is 8.78 Å². The first-order valence-electron chi connectivity index (χ1n) is 3.73. The summed E-state index contributed by atoms with van der Waals surface area (Å²) in [5, 5.41) is 0. The van der Waals surface area contributed by atoms with Crippen LogP contribution in [0.4, 0.5) is 8.78 Å². The summed E-state index contributed by atoms with van der Waals surface area (Å²) in [6.45, 7) is 5.37. The van der Waals surface area contributed by atoms with Crippen molar-refractivity contribution in [1.29, 1.82) is 0 Å². The summed E-state index contributed by atoms with van der Waals surface area (Å²) in [5.74, 6) is -1.68. The van der Waals surface area contributed by atoms with Crippen molar-refractivity contribution in [1.82, 2.24) is 4.98 Å². The predicted octanol–water partition coefficient (Wildman–Crippen LogP) is 2.66. The summed E-state index contributed by atoms with van der Waals surface area (Å²) in [6, 6.07) is 1.02. The van der Waals surface area contributed by atoms with Crippen LogP contribution < -0.4 is 0 Å². The maximum atomic E-state index is 13.1. The lowest BCUT2D eigenvalue weighted by molar-refractivity contribution is 0.450. The van der Waals surface area contributed by atoms with E-state index < -0.39 is 17.0 Å². The van der Waals surface area contributed by atoms with Gasteiger partial charge in [0.2, 0.25) is 0 Å². The molecule has 1 heterocycles. The first-order valence-corrected chi connectivity index (χ1v) is 3.73. The van der Waals surface area contributed by atoms with Gasteiger partial charge >= 0.3 is 0 Å². The number of hydrogen-bond donors (Lipinski definition) is 0. The average molecular weight is 171 g/mol. The van der Waals surface area contributed by atoms with E-state index in [4.69, 9.17) is 0 Å². The van der Waals surface area contributed by atoms with Gasteiger partial charge in [-0.2, -0.15) is 0 Å². The molecule has 0 amide bonds. The fraction of sp³-hybridized carbons (Fsp3) is 0.444. The summed E-state index contributed by atoms with van der Waals surface area (Å²) in [5.41, 5.74) is -0.283. The molecule has 0 fully saturated rings. The molecule has 0 aromatic carbocycles. The Morgan fingerprint density at radius 2 is 1.83 bits per heavy atom. The maximum Gasteiger partial charge on any atom is 0.180 e. The Balaban J connectivity index is 3.26. The minimum Gasteiger partial charge on any atom is -0.257 e. The highest BCUT2D eigenvalue weighted by molar-refractivity contribution is 5.16. The van der Waals surface area contributed by atoms with Gasteiger partial charge in [-0.3, -0.25) is 4.98 Å². The third kappa shape index (κ3) is 1.60. The summed E-state index contributed by atoms with van der Waals surface area (Å²) >= 11 is 0. The third-order valence-electron chi connectivity index (χ3n) is 1.55. The number of hydrogen-bond acceptors (Lipinski definition) is 1. The zero-order chi connectivity index (χ0) is 9.35. The molecule has 0 bridgehead atoms. The van der Waals surface area contributed by atoms with Gasteiger partial charge in [-0.15, -0.1) is 0 Å². The summed E-state index contributed by atoms with van der Waals surface area (Å²) in [4.78, 5) is 3.80. The van der Waals surface area contributed by atoms with Gasteiger partial charge < -0.3 is 0 Å². The van der Waals surface area contributed by atoms with Crippen molar-refractivity contribution in [3.05, 3.63) is 29.6 Å². The minimum absolute atomic E-state index is 0.169. The van der Waals surface area contributed by atoms with Crippen LogP contribution >= 0.6 is 0 Å². The van der Waals surface area contributed by atoms with Crippen molar-refractivity contribution in [3.63, 3.8) is 0 Å². The molecule has 0 aliphatic rings. The van der Waals surface area contributed by atoms with Gasteiger partial charge in [-0.25, -0.2) is 8.78 Å². The van der Waals surface area contributed by atoms with E-state index in [-0.39, 0.29) is 5.69 Å². The Bertz CT molecular complexity index is 289. The molecule has 0 aliphatic heterocycles. The van der Waals surface area contributed by atoms with Crippen LogP contribution in [0.2, 0.25) is 0 Å². The Hall–Kier alpha value is -0.990. The number of nitrogens with zero attached hydrogens (tertiary/aromatic N) is 1. The average Bonchev–Trinajstić information content (AvgIpc) is 1.92. The molecule has 0 N–H and O–H groups in total. The molecule has 0 saturated carbocycles. The van der Waals surface area contributed by atoms with Gasteiger partial charge in [-0.1, -0.05) is 20.8 Å². The largest absolute Gasteiger partial charge is 0.257 e.